The normalized spacial score (nSPS) is 16.5. The van der Waals surface area contributed by atoms with Gasteiger partial charge in [-0.05, 0) is 51.3 Å². The number of nitrogens with one attached hydrogen (secondary N) is 2. The fourth-order valence-electron chi connectivity index (χ4n) is 3.30. The molecule has 31 heavy (non-hydrogen) atoms. The molecule has 1 aliphatic heterocycles. The second-order valence-corrected chi connectivity index (χ2v) is 11.5. The molecule has 0 radical (unpaired) electrons. The number of hydrogen-bond donors (Lipinski definition) is 2. The van der Waals surface area contributed by atoms with Gasteiger partial charge in [-0.3, -0.25) is 9.89 Å². The highest BCUT2D eigenvalue weighted by atomic mass is 127. The smallest absolute Gasteiger partial charge is 0.191 e. The Labute approximate surface area is 203 Å². The average Bonchev–Trinajstić information content (AvgIpc) is 2.68. The summed E-state index contributed by atoms with van der Waals surface area (Å²) in [4.78, 5) is 6.51. The summed E-state index contributed by atoms with van der Waals surface area (Å²) in [5.74, 6) is 0.606. The van der Waals surface area contributed by atoms with Crippen molar-refractivity contribution in [2.45, 2.75) is 50.9 Å². The van der Waals surface area contributed by atoms with Gasteiger partial charge in [-0.15, -0.1) is 24.0 Å². The van der Waals surface area contributed by atoms with E-state index in [1.807, 2.05) is 6.07 Å². The van der Waals surface area contributed by atoms with Crippen LogP contribution >= 0.6 is 24.0 Å². The van der Waals surface area contributed by atoms with Crippen LogP contribution in [0.3, 0.4) is 0 Å². The Kier molecular flexibility index (Phi) is 11.0. The molecule has 2 N–H and O–H groups in total. The highest BCUT2D eigenvalue weighted by Gasteiger charge is 2.28. The molecule has 0 unspecified atom stereocenters. The van der Waals surface area contributed by atoms with Crippen LogP contribution in [-0.2, 0) is 16.4 Å². The maximum atomic E-state index is 13.9. The lowest BCUT2D eigenvalue weighted by molar-refractivity contribution is 0.198. The Morgan fingerprint density at radius 2 is 1.94 bits per heavy atom. The maximum Gasteiger partial charge on any atom is 0.191 e. The molecule has 1 aromatic carbocycles. The van der Waals surface area contributed by atoms with Gasteiger partial charge in [-0.1, -0.05) is 6.07 Å². The number of benzene rings is 1. The number of ether oxygens (including phenoxy) is 1. The molecular formula is C21H36FIN4O3S. The molecule has 0 aliphatic carbocycles. The quantitative estimate of drug-likeness (QED) is 0.298. The molecule has 10 heteroatoms. The maximum absolute atomic E-state index is 13.9. The molecule has 7 nitrogen and oxygen atoms in total. The summed E-state index contributed by atoms with van der Waals surface area (Å²) in [7, 11) is -0.0239. The number of likely N-dealkylation sites (tertiary alicyclic amines) is 1. The minimum absolute atomic E-state index is 0. The number of sulfone groups is 1. The summed E-state index contributed by atoms with van der Waals surface area (Å²) in [5, 5.41) is 6.49. The monoisotopic (exact) mass is 570 g/mol. The van der Waals surface area contributed by atoms with Gasteiger partial charge in [0.2, 0.25) is 0 Å². The second kappa shape index (κ2) is 12.2. The zero-order valence-corrected chi connectivity index (χ0v) is 22.2. The molecule has 178 valence electrons. The number of hydrogen-bond acceptors (Lipinski definition) is 5. The van der Waals surface area contributed by atoms with Crippen molar-refractivity contribution in [3.63, 3.8) is 0 Å². The first-order valence-electron chi connectivity index (χ1n) is 10.3. The first-order chi connectivity index (χ1) is 14.1. The van der Waals surface area contributed by atoms with Crippen molar-refractivity contribution in [2.75, 3.05) is 39.5 Å². The average molecular weight is 571 g/mol. The number of piperidine rings is 1. The standard InChI is InChI=1S/C21H35FN4O3S.HI/c1-21(2,3)30(27,28)13-10-24-20(23-4)25-17-8-11-26(12-9-17)15-16-6-7-19(29-5)18(22)14-16;/h6-7,14,17H,8-13,15H2,1-5H3,(H2,23,24,25);1H. The third-order valence-corrected chi connectivity index (χ3v) is 7.98. The van der Waals surface area contributed by atoms with Crippen molar-refractivity contribution in [1.29, 1.82) is 0 Å². The second-order valence-electron chi connectivity index (χ2n) is 8.59. The first-order valence-corrected chi connectivity index (χ1v) is 11.9. The third kappa shape index (κ3) is 8.38. The van der Waals surface area contributed by atoms with Gasteiger partial charge in [0.1, 0.15) is 0 Å². The van der Waals surface area contributed by atoms with Crippen LogP contribution in [-0.4, -0.2) is 69.6 Å². The van der Waals surface area contributed by atoms with E-state index < -0.39 is 14.6 Å². The summed E-state index contributed by atoms with van der Waals surface area (Å²) in [5.41, 5.74) is 0.928. The Morgan fingerprint density at radius 3 is 2.45 bits per heavy atom. The number of rotatable bonds is 7. The fourth-order valence-corrected chi connectivity index (χ4v) is 4.28. The molecule has 2 rings (SSSR count). The van der Waals surface area contributed by atoms with Crippen molar-refractivity contribution in [3.8, 4) is 5.75 Å². The van der Waals surface area contributed by atoms with E-state index in [0.29, 0.717) is 19.0 Å². The van der Waals surface area contributed by atoms with E-state index >= 15 is 0 Å². The number of aliphatic imine (C=N–C) groups is 1. The Bertz CT molecular complexity index is 836. The topological polar surface area (TPSA) is 83.0 Å². The predicted molar refractivity (Wildman–Crippen MR) is 135 cm³/mol. The van der Waals surface area contributed by atoms with E-state index in [4.69, 9.17) is 4.74 Å². The van der Waals surface area contributed by atoms with E-state index in [-0.39, 0.29) is 47.3 Å². The molecule has 1 aliphatic rings. The molecule has 0 atom stereocenters. The van der Waals surface area contributed by atoms with Crippen LogP contribution < -0.4 is 15.4 Å². The summed E-state index contributed by atoms with van der Waals surface area (Å²) < 4.78 is 42.5. The summed E-state index contributed by atoms with van der Waals surface area (Å²) in [6, 6.07) is 5.35. The molecule has 0 saturated carbocycles. The predicted octanol–water partition coefficient (Wildman–Crippen LogP) is 2.80. The highest BCUT2D eigenvalue weighted by Crippen LogP contribution is 2.20. The molecule has 1 aromatic rings. The number of halogens is 2. The molecule has 1 heterocycles. The van der Waals surface area contributed by atoms with Gasteiger partial charge < -0.3 is 15.4 Å². The summed E-state index contributed by atoms with van der Waals surface area (Å²) in [6.45, 7) is 7.93. The summed E-state index contributed by atoms with van der Waals surface area (Å²) >= 11 is 0. The zero-order chi connectivity index (χ0) is 22.4. The number of methoxy groups -OCH3 is 1. The molecule has 0 aromatic heterocycles. The van der Waals surface area contributed by atoms with Crippen molar-refractivity contribution in [1.82, 2.24) is 15.5 Å². The molecule has 0 bridgehead atoms. The lowest BCUT2D eigenvalue weighted by atomic mass is 10.0. The van der Waals surface area contributed by atoms with Crippen molar-refractivity contribution in [3.05, 3.63) is 29.6 Å². The first kappa shape index (κ1) is 27.9. The van der Waals surface area contributed by atoms with Gasteiger partial charge in [0.05, 0.1) is 17.6 Å². The Balaban J connectivity index is 0.00000480. The largest absolute Gasteiger partial charge is 0.494 e. The molecule has 1 saturated heterocycles. The fraction of sp³-hybridized carbons (Fsp3) is 0.667. The van der Waals surface area contributed by atoms with Gasteiger partial charge in [0.25, 0.3) is 0 Å². The van der Waals surface area contributed by atoms with Gasteiger partial charge in [-0.2, -0.15) is 0 Å². The molecule has 0 spiro atoms. The van der Waals surface area contributed by atoms with Crippen LogP contribution in [0.25, 0.3) is 0 Å². The van der Waals surface area contributed by atoms with Crippen LogP contribution in [0.5, 0.6) is 5.75 Å². The highest BCUT2D eigenvalue weighted by molar-refractivity contribution is 14.0. The van der Waals surface area contributed by atoms with E-state index in [2.05, 4.69) is 20.5 Å². The lowest BCUT2D eigenvalue weighted by Gasteiger charge is -2.33. The van der Waals surface area contributed by atoms with Crippen LogP contribution in [0.1, 0.15) is 39.2 Å². The van der Waals surface area contributed by atoms with E-state index in [9.17, 15) is 12.8 Å². The van der Waals surface area contributed by atoms with E-state index in [1.165, 1.54) is 13.2 Å². The van der Waals surface area contributed by atoms with Crippen molar-refractivity contribution >= 4 is 39.8 Å². The van der Waals surface area contributed by atoms with Gasteiger partial charge in [0, 0.05) is 39.3 Å². The minimum atomic E-state index is -3.17. The number of guanidine groups is 1. The lowest BCUT2D eigenvalue weighted by Crippen LogP contribution is -2.49. The molecule has 0 amide bonds. The Hall–Kier alpha value is -1.14. The van der Waals surface area contributed by atoms with Crippen molar-refractivity contribution in [2.24, 2.45) is 4.99 Å². The zero-order valence-electron chi connectivity index (χ0n) is 19.1. The van der Waals surface area contributed by atoms with Crippen LogP contribution in [0.2, 0.25) is 0 Å². The van der Waals surface area contributed by atoms with Crippen molar-refractivity contribution < 1.29 is 17.5 Å². The van der Waals surface area contributed by atoms with E-state index in [1.54, 1.807) is 33.9 Å². The van der Waals surface area contributed by atoms with Gasteiger partial charge in [0.15, 0.2) is 27.4 Å². The van der Waals surface area contributed by atoms with Crippen LogP contribution in [0.4, 0.5) is 4.39 Å². The minimum Gasteiger partial charge on any atom is -0.494 e. The third-order valence-electron chi connectivity index (χ3n) is 5.37. The van der Waals surface area contributed by atoms with Gasteiger partial charge >= 0.3 is 0 Å². The van der Waals surface area contributed by atoms with E-state index in [0.717, 1.165) is 31.5 Å². The summed E-state index contributed by atoms with van der Waals surface area (Å²) in [6.07, 6.45) is 1.86. The molecular weight excluding hydrogens is 534 g/mol. The number of nitrogens with zero attached hydrogens (tertiary/aromatic N) is 2. The van der Waals surface area contributed by atoms with Gasteiger partial charge in [-0.25, -0.2) is 12.8 Å². The van der Waals surface area contributed by atoms with Crippen LogP contribution in [0.15, 0.2) is 23.2 Å². The molecule has 1 fully saturated rings. The SMILES string of the molecule is CN=C(NCCS(=O)(=O)C(C)(C)C)NC1CCN(Cc2ccc(OC)c(F)c2)CC1.I. The van der Waals surface area contributed by atoms with Crippen LogP contribution in [0, 0.1) is 5.82 Å². The Morgan fingerprint density at radius 1 is 1.29 bits per heavy atom.